The van der Waals surface area contributed by atoms with Crippen LogP contribution in [0.15, 0.2) is 4.99 Å². The molecule has 1 fully saturated rings. The average molecular weight is 208 g/mol. The highest BCUT2D eigenvalue weighted by molar-refractivity contribution is 5.81. The fourth-order valence-electron chi connectivity index (χ4n) is 1.54. The van der Waals surface area contributed by atoms with E-state index in [1.807, 2.05) is 21.1 Å². The molecule has 1 aliphatic heterocycles. The van der Waals surface area contributed by atoms with Crippen LogP contribution in [0.25, 0.3) is 0 Å². The topological polar surface area (TPSA) is 22.1 Å². The molecule has 0 N–H and O–H groups in total. The summed E-state index contributed by atoms with van der Waals surface area (Å²) in [6, 6.07) is 0. The van der Waals surface area contributed by atoms with Gasteiger partial charge in [-0.3, -0.25) is 9.89 Å². The SMILES string of the molecule is C/N=C1/N(C)CCN1CC#CCN(C)C. The largest absolute Gasteiger partial charge is 0.344 e. The molecule has 1 rings (SSSR count). The molecule has 1 heterocycles. The molecule has 0 saturated carbocycles. The number of hydrogen-bond acceptors (Lipinski definition) is 2. The van der Waals surface area contributed by atoms with E-state index in [1.54, 1.807) is 0 Å². The van der Waals surface area contributed by atoms with Crippen molar-refractivity contribution >= 4 is 5.96 Å². The first kappa shape index (κ1) is 11.9. The predicted octanol–water partition coefficient (Wildman–Crippen LogP) is -0.215. The number of guanidine groups is 1. The molecule has 0 aromatic rings. The molecule has 84 valence electrons. The summed E-state index contributed by atoms with van der Waals surface area (Å²) in [6.07, 6.45) is 0. The number of nitrogens with zero attached hydrogens (tertiary/aromatic N) is 4. The van der Waals surface area contributed by atoms with Crippen LogP contribution in [-0.2, 0) is 0 Å². The maximum atomic E-state index is 4.25. The number of rotatable bonds is 2. The Morgan fingerprint density at radius 2 is 2.07 bits per heavy atom. The molecule has 0 aromatic carbocycles. The Morgan fingerprint density at radius 3 is 2.67 bits per heavy atom. The summed E-state index contributed by atoms with van der Waals surface area (Å²) >= 11 is 0. The Bertz CT molecular complexity index is 285. The molecular formula is C11H20N4. The molecule has 1 saturated heterocycles. The van der Waals surface area contributed by atoms with Gasteiger partial charge in [-0.25, -0.2) is 0 Å². The van der Waals surface area contributed by atoms with Gasteiger partial charge in [0.05, 0.1) is 13.1 Å². The fraction of sp³-hybridized carbons (Fsp3) is 0.727. The Morgan fingerprint density at radius 1 is 1.33 bits per heavy atom. The quantitative estimate of drug-likeness (QED) is 0.586. The molecule has 0 bridgehead atoms. The highest BCUT2D eigenvalue weighted by Crippen LogP contribution is 2.04. The van der Waals surface area contributed by atoms with Crippen molar-refractivity contribution in [2.24, 2.45) is 4.99 Å². The lowest BCUT2D eigenvalue weighted by atomic mass is 10.5. The van der Waals surface area contributed by atoms with Crippen LogP contribution >= 0.6 is 0 Å². The van der Waals surface area contributed by atoms with Gasteiger partial charge in [-0.05, 0) is 14.1 Å². The monoisotopic (exact) mass is 208 g/mol. The first-order chi connectivity index (χ1) is 7.15. The molecule has 0 aliphatic carbocycles. The number of hydrogen-bond donors (Lipinski definition) is 0. The summed E-state index contributed by atoms with van der Waals surface area (Å²) in [5, 5.41) is 0. The second kappa shape index (κ2) is 5.62. The Hall–Kier alpha value is -1.21. The molecule has 4 nitrogen and oxygen atoms in total. The minimum atomic E-state index is 0.783. The molecule has 0 radical (unpaired) electrons. The van der Waals surface area contributed by atoms with Crippen LogP contribution < -0.4 is 0 Å². The summed E-state index contributed by atoms with van der Waals surface area (Å²) in [5.41, 5.74) is 0. The van der Waals surface area contributed by atoms with Crippen LogP contribution in [0.1, 0.15) is 0 Å². The van der Waals surface area contributed by atoms with Crippen LogP contribution in [-0.4, -0.2) is 75.0 Å². The van der Waals surface area contributed by atoms with Gasteiger partial charge < -0.3 is 9.80 Å². The zero-order valence-electron chi connectivity index (χ0n) is 10.1. The first-order valence-electron chi connectivity index (χ1n) is 5.18. The van der Waals surface area contributed by atoms with E-state index in [-0.39, 0.29) is 0 Å². The van der Waals surface area contributed by atoms with Gasteiger partial charge in [-0.2, -0.15) is 0 Å². The van der Waals surface area contributed by atoms with Crippen molar-refractivity contribution in [3.8, 4) is 11.8 Å². The molecule has 0 amide bonds. The third-order valence-corrected chi connectivity index (χ3v) is 2.32. The van der Waals surface area contributed by atoms with Gasteiger partial charge in [-0.1, -0.05) is 11.8 Å². The summed E-state index contributed by atoms with van der Waals surface area (Å²) in [6.45, 7) is 3.68. The molecule has 15 heavy (non-hydrogen) atoms. The van der Waals surface area contributed by atoms with Gasteiger partial charge in [0, 0.05) is 27.2 Å². The Labute approximate surface area is 92.6 Å². The average Bonchev–Trinajstić information content (AvgIpc) is 2.53. The second-order valence-electron chi connectivity index (χ2n) is 3.96. The van der Waals surface area contributed by atoms with Crippen molar-refractivity contribution in [3.05, 3.63) is 0 Å². The zero-order valence-corrected chi connectivity index (χ0v) is 10.1. The van der Waals surface area contributed by atoms with E-state index in [4.69, 9.17) is 0 Å². The van der Waals surface area contributed by atoms with Gasteiger partial charge in [0.1, 0.15) is 0 Å². The molecule has 0 spiro atoms. The maximum absolute atomic E-state index is 4.25. The smallest absolute Gasteiger partial charge is 0.196 e. The van der Waals surface area contributed by atoms with E-state index in [0.29, 0.717) is 0 Å². The fourth-order valence-corrected chi connectivity index (χ4v) is 1.54. The standard InChI is InChI=1S/C11H20N4/c1-12-11-14(4)9-10-15(11)8-6-5-7-13(2)3/h7-10H2,1-4H3/b12-11-. The minimum Gasteiger partial charge on any atom is -0.344 e. The summed E-state index contributed by atoms with van der Waals surface area (Å²) in [7, 11) is 7.95. The maximum Gasteiger partial charge on any atom is 0.196 e. The van der Waals surface area contributed by atoms with Crippen molar-refractivity contribution in [1.29, 1.82) is 0 Å². The van der Waals surface area contributed by atoms with E-state index in [2.05, 4.69) is 38.6 Å². The second-order valence-corrected chi connectivity index (χ2v) is 3.96. The van der Waals surface area contributed by atoms with E-state index in [1.165, 1.54) is 0 Å². The van der Waals surface area contributed by atoms with Gasteiger partial charge >= 0.3 is 0 Å². The lowest BCUT2D eigenvalue weighted by molar-refractivity contribution is 0.463. The lowest BCUT2D eigenvalue weighted by Gasteiger charge is -2.17. The highest BCUT2D eigenvalue weighted by atomic mass is 15.4. The lowest BCUT2D eigenvalue weighted by Crippen LogP contribution is -2.31. The van der Waals surface area contributed by atoms with Crippen LogP contribution in [0.4, 0.5) is 0 Å². The summed E-state index contributed by atoms with van der Waals surface area (Å²) < 4.78 is 0. The third-order valence-electron chi connectivity index (χ3n) is 2.32. The summed E-state index contributed by atoms with van der Waals surface area (Å²) in [4.78, 5) is 10.7. The normalized spacial score (nSPS) is 18.6. The molecule has 1 aliphatic rings. The van der Waals surface area contributed by atoms with E-state index < -0.39 is 0 Å². The van der Waals surface area contributed by atoms with Crippen molar-refractivity contribution in [2.75, 3.05) is 54.4 Å². The molecular weight excluding hydrogens is 188 g/mol. The number of aliphatic imine (C=N–C) groups is 1. The van der Waals surface area contributed by atoms with E-state index in [0.717, 1.165) is 32.1 Å². The first-order valence-corrected chi connectivity index (χ1v) is 5.18. The highest BCUT2D eigenvalue weighted by Gasteiger charge is 2.21. The number of likely N-dealkylation sites (N-methyl/N-ethyl adjacent to an activating group) is 1. The van der Waals surface area contributed by atoms with Crippen molar-refractivity contribution in [1.82, 2.24) is 14.7 Å². The van der Waals surface area contributed by atoms with E-state index >= 15 is 0 Å². The van der Waals surface area contributed by atoms with Crippen LogP contribution in [0, 0.1) is 11.8 Å². The van der Waals surface area contributed by atoms with Crippen LogP contribution in [0.5, 0.6) is 0 Å². The Kier molecular flexibility index (Phi) is 4.44. The van der Waals surface area contributed by atoms with Gasteiger partial charge in [-0.15, -0.1) is 0 Å². The molecule has 0 aromatic heterocycles. The predicted molar refractivity (Wildman–Crippen MR) is 63.9 cm³/mol. The summed E-state index contributed by atoms with van der Waals surface area (Å²) in [5.74, 6) is 7.35. The molecule has 4 heteroatoms. The zero-order chi connectivity index (χ0) is 11.3. The van der Waals surface area contributed by atoms with Crippen molar-refractivity contribution < 1.29 is 0 Å². The van der Waals surface area contributed by atoms with E-state index in [9.17, 15) is 0 Å². The molecule has 0 unspecified atom stereocenters. The Balaban J connectivity index is 2.41. The van der Waals surface area contributed by atoms with Crippen LogP contribution in [0.2, 0.25) is 0 Å². The van der Waals surface area contributed by atoms with Gasteiger partial charge in [0.25, 0.3) is 0 Å². The van der Waals surface area contributed by atoms with Crippen molar-refractivity contribution in [2.45, 2.75) is 0 Å². The third kappa shape index (κ3) is 3.45. The molecule has 0 atom stereocenters. The van der Waals surface area contributed by atoms with Gasteiger partial charge in [0.15, 0.2) is 5.96 Å². The van der Waals surface area contributed by atoms with Crippen LogP contribution in [0.3, 0.4) is 0 Å². The van der Waals surface area contributed by atoms with Gasteiger partial charge in [0.2, 0.25) is 0 Å². The minimum absolute atomic E-state index is 0.783. The van der Waals surface area contributed by atoms with Crippen molar-refractivity contribution in [3.63, 3.8) is 0 Å².